The molecule has 0 radical (unpaired) electrons. The van der Waals surface area contributed by atoms with Crippen LogP contribution in [0.4, 0.5) is 0 Å². The Hall–Kier alpha value is -1.55. The molecule has 0 aliphatic heterocycles. The lowest BCUT2D eigenvalue weighted by atomic mass is 10.2. The fraction of sp³-hybridized carbons (Fsp3) is 0.333. The lowest BCUT2D eigenvalue weighted by molar-refractivity contribution is 0.0997. The van der Waals surface area contributed by atoms with Gasteiger partial charge in [0.2, 0.25) is 5.78 Å². The normalized spacial score (nSPS) is 10.8. The average Bonchev–Trinajstić information content (AvgIpc) is 2.94. The summed E-state index contributed by atoms with van der Waals surface area (Å²) >= 11 is 5.96. The maximum atomic E-state index is 12.2. The van der Waals surface area contributed by atoms with Crippen molar-refractivity contribution in [2.75, 3.05) is 0 Å². The molecule has 17 heavy (non-hydrogen) atoms. The summed E-state index contributed by atoms with van der Waals surface area (Å²) in [6, 6.07) is 3.47. The van der Waals surface area contributed by atoms with Gasteiger partial charge in [0.15, 0.2) is 5.76 Å². The van der Waals surface area contributed by atoms with Crippen molar-refractivity contribution in [1.82, 2.24) is 9.78 Å². The molecule has 2 rings (SSSR count). The molecule has 90 valence electrons. The number of aromatic nitrogens is 2. The molecule has 2 heterocycles. The molecule has 0 aliphatic carbocycles. The molecule has 0 spiro atoms. The van der Waals surface area contributed by atoms with Gasteiger partial charge in [-0.2, -0.15) is 5.10 Å². The third-order valence-electron chi connectivity index (χ3n) is 2.54. The van der Waals surface area contributed by atoms with E-state index in [0.717, 1.165) is 12.2 Å². The molecule has 4 nitrogen and oxygen atoms in total. The van der Waals surface area contributed by atoms with Gasteiger partial charge >= 0.3 is 0 Å². The van der Waals surface area contributed by atoms with Crippen LogP contribution in [0.5, 0.6) is 0 Å². The first kappa shape index (κ1) is 11.9. The Morgan fingerprint density at radius 1 is 1.47 bits per heavy atom. The van der Waals surface area contributed by atoms with Crippen molar-refractivity contribution < 1.29 is 9.21 Å². The van der Waals surface area contributed by atoms with Crippen LogP contribution in [0.3, 0.4) is 0 Å². The number of nitrogens with zero attached hydrogens (tertiary/aromatic N) is 2. The molecular weight excluding hydrogens is 240 g/mol. The summed E-state index contributed by atoms with van der Waals surface area (Å²) in [7, 11) is 0. The number of furan rings is 1. The topological polar surface area (TPSA) is 48.0 Å². The smallest absolute Gasteiger partial charge is 0.247 e. The number of rotatable bonds is 4. The quantitative estimate of drug-likeness (QED) is 0.786. The van der Waals surface area contributed by atoms with Crippen molar-refractivity contribution >= 4 is 17.4 Å². The maximum absolute atomic E-state index is 12.2. The molecule has 0 saturated heterocycles. The Kier molecular flexibility index (Phi) is 3.33. The number of hydrogen-bond donors (Lipinski definition) is 0. The summed E-state index contributed by atoms with van der Waals surface area (Å²) in [4.78, 5) is 12.2. The first-order valence-electron chi connectivity index (χ1n) is 5.52. The van der Waals surface area contributed by atoms with Gasteiger partial charge in [-0.1, -0.05) is 18.5 Å². The molecule has 0 aliphatic rings. The van der Waals surface area contributed by atoms with E-state index >= 15 is 0 Å². The fourth-order valence-corrected chi connectivity index (χ4v) is 1.86. The molecule has 5 heteroatoms. The van der Waals surface area contributed by atoms with Crippen LogP contribution in [0.25, 0.3) is 0 Å². The van der Waals surface area contributed by atoms with Crippen LogP contribution in [0, 0.1) is 0 Å². The molecule has 0 atom stereocenters. The van der Waals surface area contributed by atoms with Crippen molar-refractivity contribution in [2.45, 2.75) is 26.8 Å². The third kappa shape index (κ3) is 2.13. The summed E-state index contributed by atoms with van der Waals surface area (Å²) < 4.78 is 6.99. The highest BCUT2D eigenvalue weighted by atomic mass is 35.5. The van der Waals surface area contributed by atoms with Gasteiger partial charge in [-0.3, -0.25) is 9.48 Å². The largest absolute Gasteiger partial charge is 0.458 e. The summed E-state index contributed by atoms with van der Waals surface area (Å²) in [5.41, 5.74) is 0.381. The number of halogens is 1. The predicted molar refractivity (Wildman–Crippen MR) is 64.4 cm³/mol. The van der Waals surface area contributed by atoms with E-state index in [2.05, 4.69) is 5.10 Å². The van der Waals surface area contributed by atoms with Gasteiger partial charge in [0.05, 0.1) is 11.2 Å². The Morgan fingerprint density at radius 3 is 2.82 bits per heavy atom. The molecule has 2 aromatic heterocycles. The second-order valence-electron chi connectivity index (χ2n) is 3.61. The van der Waals surface area contributed by atoms with Gasteiger partial charge in [-0.25, -0.2) is 0 Å². The van der Waals surface area contributed by atoms with E-state index in [1.807, 2.05) is 13.8 Å². The maximum Gasteiger partial charge on any atom is 0.247 e. The van der Waals surface area contributed by atoms with Crippen LogP contribution in [0.2, 0.25) is 5.02 Å². The second-order valence-corrected chi connectivity index (χ2v) is 4.01. The molecule has 0 saturated carbocycles. The number of carbonyl (C=O) groups is 1. The van der Waals surface area contributed by atoms with Crippen molar-refractivity contribution in [3.63, 3.8) is 0 Å². The minimum atomic E-state index is -0.228. The van der Waals surface area contributed by atoms with Gasteiger partial charge in [-0.15, -0.1) is 0 Å². The summed E-state index contributed by atoms with van der Waals surface area (Å²) in [6.07, 6.45) is 2.23. The highest BCUT2D eigenvalue weighted by molar-refractivity contribution is 6.34. The average molecular weight is 253 g/mol. The summed E-state index contributed by atoms with van der Waals surface area (Å²) in [5.74, 6) is 0.861. The highest BCUT2D eigenvalue weighted by Gasteiger charge is 2.21. The Balaban J connectivity index is 2.39. The van der Waals surface area contributed by atoms with E-state index in [1.165, 1.54) is 6.20 Å². The lowest BCUT2D eigenvalue weighted by Crippen LogP contribution is -2.10. The zero-order chi connectivity index (χ0) is 12.4. The van der Waals surface area contributed by atoms with Crippen LogP contribution >= 0.6 is 11.6 Å². The monoisotopic (exact) mass is 252 g/mol. The van der Waals surface area contributed by atoms with E-state index in [-0.39, 0.29) is 5.78 Å². The fourth-order valence-electron chi connectivity index (χ4n) is 1.63. The number of ketones is 1. The second kappa shape index (κ2) is 4.75. The van der Waals surface area contributed by atoms with E-state index in [1.54, 1.807) is 16.8 Å². The van der Waals surface area contributed by atoms with Gasteiger partial charge in [0.25, 0.3) is 0 Å². The highest BCUT2D eigenvalue weighted by Crippen LogP contribution is 2.20. The van der Waals surface area contributed by atoms with Crippen molar-refractivity contribution in [3.8, 4) is 0 Å². The van der Waals surface area contributed by atoms with Crippen LogP contribution < -0.4 is 0 Å². The lowest BCUT2D eigenvalue weighted by Gasteiger charge is -2.02. The van der Waals surface area contributed by atoms with Crippen molar-refractivity contribution in [1.29, 1.82) is 0 Å². The SMILES string of the molecule is CCc1ccc(C(=O)c2c(Cl)cnn2CC)o1. The van der Waals surface area contributed by atoms with E-state index < -0.39 is 0 Å². The molecule has 0 fully saturated rings. The molecule has 0 bridgehead atoms. The van der Waals surface area contributed by atoms with Crippen LogP contribution in [-0.2, 0) is 13.0 Å². The first-order valence-corrected chi connectivity index (χ1v) is 5.89. The third-order valence-corrected chi connectivity index (χ3v) is 2.82. The Bertz CT molecular complexity index is 542. The Morgan fingerprint density at radius 2 is 2.24 bits per heavy atom. The van der Waals surface area contributed by atoms with E-state index in [4.69, 9.17) is 16.0 Å². The van der Waals surface area contributed by atoms with Crippen molar-refractivity contribution in [2.24, 2.45) is 0 Å². The number of aryl methyl sites for hydroxylation is 2. The van der Waals surface area contributed by atoms with Crippen LogP contribution in [0.1, 0.15) is 35.9 Å². The molecule has 0 unspecified atom stereocenters. The summed E-state index contributed by atoms with van der Waals surface area (Å²) in [5, 5.41) is 4.38. The molecule has 0 aromatic carbocycles. The predicted octanol–water partition coefficient (Wildman–Crippen LogP) is 2.94. The van der Waals surface area contributed by atoms with Gasteiger partial charge in [-0.05, 0) is 19.1 Å². The van der Waals surface area contributed by atoms with Crippen molar-refractivity contribution in [3.05, 3.63) is 40.6 Å². The van der Waals surface area contributed by atoms with Gasteiger partial charge in [0, 0.05) is 13.0 Å². The first-order chi connectivity index (χ1) is 8.17. The minimum Gasteiger partial charge on any atom is -0.458 e. The van der Waals surface area contributed by atoms with Crippen LogP contribution in [0.15, 0.2) is 22.7 Å². The zero-order valence-electron chi connectivity index (χ0n) is 9.74. The van der Waals surface area contributed by atoms with E-state index in [0.29, 0.717) is 23.0 Å². The molecular formula is C12H13ClN2O2. The van der Waals surface area contributed by atoms with Crippen LogP contribution in [-0.4, -0.2) is 15.6 Å². The standard InChI is InChI=1S/C12H13ClN2O2/c1-3-8-5-6-10(17-8)12(16)11-9(13)7-14-15(11)4-2/h5-7H,3-4H2,1-2H3. The van der Waals surface area contributed by atoms with E-state index in [9.17, 15) is 4.79 Å². The number of hydrogen-bond acceptors (Lipinski definition) is 3. The Labute approximate surface area is 104 Å². The summed E-state index contributed by atoms with van der Waals surface area (Å²) in [6.45, 7) is 4.46. The van der Waals surface area contributed by atoms with Gasteiger partial charge in [0.1, 0.15) is 11.5 Å². The molecule has 0 N–H and O–H groups in total. The zero-order valence-corrected chi connectivity index (χ0v) is 10.5. The number of carbonyl (C=O) groups excluding carboxylic acids is 1. The minimum absolute atomic E-state index is 0.228. The van der Waals surface area contributed by atoms with Gasteiger partial charge < -0.3 is 4.42 Å². The molecule has 2 aromatic rings. The molecule has 0 amide bonds.